The summed E-state index contributed by atoms with van der Waals surface area (Å²) in [6.07, 6.45) is 0.338. The maximum absolute atomic E-state index is 12.5. The van der Waals surface area contributed by atoms with E-state index in [0.29, 0.717) is 27.0 Å². The van der Waals surface area contributed by atoms with Crippen molar-refractivity contribution in [3.63, 3.8) is 0 Å². The molecule has 2 aromatic rings. The van der Waals surface area contributed by atoms with Gasteiger partial charge in [-0.3, -0.25) is 4.79 Å². The van der Waals surface area contributed by atoms with Crippen molar-refractivity contribution in [1.82, 2.24) is 5.32 Å². The highest BCUT2D eigenvalue weighted by molar-refractivity contribution is 6.35. The van der Waals surface area contributed by atoms with Gasteiger partial charge in [0, 0.05) is 27.7 Å². The van der Waals surface area contributed by atoms with Crippen LogP contribution in [-0.4, -0.2) is 30.1 Å². The van der Waals surface area contributed by atoms with E-state index in [2.05, 4.69) is 10.6 Å². The number of fused-ring (bicyclic) bond motifs is 1. The molecule has 2 aromatic carbocycles. The van der Waals surface area contributed by atoms with Crippen LogP contribution in [0.2, 0.25) is 10.0 Å². The Hall–Kier alpha value is -2.44. The zero-order valence-corrected chi connectivity index (χ0v) is 16.0. The van der Waals surface area contributed by atoms with E-state index in [1.165, 1.54) is 0 Å². The summed E-state index contributed by atoms with van der Waals surface area (Å²) < 4.78 is 5.10. The van der Waals surface area contributed by atoms with Crippen LogP contribution in [0.5, 0.6) is 5.75 Å². The number of carbonyl (C=O) groups excluding carboxylic acids is 1. The molecule has 27 heavy (non-hydrogen) atoms. The lowest BCUT2D eigenvalue weighted by atomic mass is 9.92. The van der Waals surface area contributed by atoms with Crippen molar-refractivity contribution in [3.8, 4) is 5.75 Å². The lowest BCUT2D eigenvalue weighted by Gasteiger charge is -2.32. The molecule has 0 spiro atoms. The van der Waals surface area contributed by atoms with Crippen LogP contribution >= 0.6 is 23.2 Å². The van der Waals surface area contributed by atoms with Crippen molar-refractivity contribution in [3.05, 3.63) is 57.6 Å². The number of ether oxygens (including phenoxy) is 1. The van der Waals surface area contributed by atoms with E-state index in [1.807, 2.05) is 12.1 Å². The van der Waals surface area contributed by atoms with Crippen LogP contribution in [0.15, 0.2) is 36.4 Å². The average Bonchev–Trinajstić information content (AvgIpc) is 2.61. The summed E-state index contributed by atoms with van der Waals surface area (Å²) in [7, 11) is 1.57. The highest BCUT2D eigenvalue weighted by atomic mass is 35.5. The molecule has 0 aliphatic carbocycles. The third-order valence-electron chi connectivity index (χ3n) is 4.40. The first kappa shape index (κ1) is 19.3. The Morgan fingerprint density at radius 1 is 1.26 bits per heavy atom. The molecule has 3 N–H and O–H groups in total. The number of carbonyl (C=O) groups is 2. The fourth-order valence-electron chi connectivity index (χ4n) is 3.13. The van der Waals surface area contributed by atoms with Gasteiger partial charge in [-0.15, -0.1) is 0 Å². The lowest BCUT2D eigenvalue weighted by molar-refractivity contribution is -0.138. The largest absolute Gasteiger partial charge is 0.497 e. The number of benzene rings is 2. The zero-order chi connectivity index (χ0) is 19.6. The number of carboxylic acid groups (broad SMARTS) is 1. The van der Waals surface area contributed by atoms with Gasteiger partial charge in [0.15, 0.2) is 0 Å². The van der Waals surface area contributed by atoms with Crippen LogP contribution in [0.4, 0.5) is 5.69 Å². The van der Waals surface area contributed by atoms with Crippen molar-refractivity contribution < 1.29 is 19.4 Å². The van der Waals surface area contributed by atoms with Crippen LogP contribution in [0.25, 0.3) is 0 Å². The smallest absolute Gasteiger partial charge is 0.326 e. The number of hydrogen-bond donors (Lipinski definition) is 3. The van der Waals surface area contributed by atoms with Crippen molar-refractivity contribution >= 4 is 40.8 Å². The molecule has 3 rings (SSSR count). The van der Waals surface area contributed by atoms with E-state index in [4.69, 9.17) is 27.9 Å². The van der Waals surface area contributed by atoms with Crippen LogP contribution in [0.1, 0.15) is 23.6 Å². The summed E-state index contributed by atoms with van der Waals surface area (Å²) in [6, 6.07) is 8.98. The van der Waals surface area contributed by atoms with E-state index in [1.54, 1.807) is 31.4 Å². The van der Waals surface area contributed by atoms with Crippen molar-refractivity contribution in [1.29, 1.82) is 0 Å². The van der Waals surface area contributed by atoms with Crippen molar-refractivity contribution in [2.75, 3.05) is 12.4 Å². The van der Waals surface area contributed by atoms with E-state index in [9.17, 15) is 14.7 Å². The number of methoxy groups -OCH3 is 1. The number of halogens is 2. The van der Waals surface area contributed by atoms with Gasteiger partial charge in [-0.25, -0.2) is 4.79 Å². The normalized spacial score (nSPS) is 18.2. The number of rotatable bonds is 5. The molecule has 2 atom stereocenters. The van der Waals surface area contributed by atoms with Gasteiger partial charge in [0.25, 0.3) is 0 Å². The highest BCUT2D eigenvalue weighted by Gasteiger charge is 2.33. The third kappa shape index (κ3) is 4.46. The van der Waals surface area contributed by atoms with Crippen molar-refractivity contribution in [2.45, 2.75) is 24.9 Å². The molecule has 0 radical (unpaired) electrons. The van der Waals surface area contributed by atoms with Gasteiger partial charge in [0.1, 0.15) is 11.8 Å². The van der Waals surface area contributed by atoms with Gasteiger partial charge in [-0.1, -0.05) is 35.3 Å². The Morgan fingerprint density at radius 2 is 1.96 bits per heavy atom. The number of hydrogen-bond acceptors (Lipinski definition) is 4. The Labute approximate surface area is 166 Å². The summed E-state index contributed by atoms with van der Waals surface area (Å²) in [5.74, 6) is -0.529. The molecule has 6 nitrogen and oxygen atoms in total. The van der Waals surface area contributed by atoms with Gasteiger partial charge in [-0.2, -0.15) is 0 Å². The third-order valence-corrected chi connectivity index (χ3v) is 4.93. The molecule has 1 heterocycles. The van der Waals surface area contributed by atoms with Crippen LogP contribution in [0.3, 0.4) is 0 Å². The lowest BCUT2D eigenvalue weighted by Crippen LogP contribution is -2.41. The first-order valence-electron chi connectivity index (χ1n) is 8.28. The molecule has 0 aromatic heterocycles. The Morgan fingerprint density at radius 3 is 2.59 bits per heavy atom. The minimum absolute atomic E-state index is 0.159. The molecule has 2 unspecified atom stereocenters. The molecule has 1 amide bonds. The van der Waals surface area contributed by atoms with Gasteiger partial charge in [0.2, 0.25) is 5.91 Å². The molecule has 0 bridgehead atoms. The molecule has 1 aliphatic rings. The Kier molecular flexibility index (Phi) is 5.77. The standard InChI is InChI=1S/C19H18Cl2N2O4/c1-27-12-4-2-10(3-5-12)6-17(24)23-15-9-16(19(25)26)22-14-8-11(20)7-13(21)18(14)15/h2-5,7-8,15-16,22H,6,9H2,1H3,(H,23,24)(H,25,26). The van der Waals surface area contributed by atoms with Gasteiger partial charge < -0.3 is 20.5 Å². The Bertz CT molecular complexity index is 871. The molecule has 142 valence electrons. The molecule has 8 heteroatoms. The second-order valence-corrected chi connectivity index (χ2v) is 7.11. The monoisotopic (exact) mass is 408 g/mol. The van der Waals surface area contributed by atoms with Gasteiger partial charge in [0.05, 0.1) is 19.6 Å². The second kappa shape index (κ2) is 8.06. The van der Waals surface area contributed by atoms with Crippen LogP contribution < -0.4 is 15.4 Å². The minimum atomic E-state index is -1.01. The summed E-state index contributed by atoms with van der Waals surface area (Å²) in [4.78, 5) is 24.0. The summed E-state index contributed by atoms with van der Waals surface area (Å²) in [5.41, 5.74) is 1.97. The first-order valence-corrected chi connectivity index (χ1v) is 9.03. The molecular formula is C19H18Cl2N2O4. The summed E-state index contributed by atoms with van der Waals surface area (Å²) in [5, 5.41) is 16.0. The molecular weight excluding hydrogens is 391 g/mol. The van der Waals surface area contributed by atoms with E-state index < -0.39 is 18.1 Å². The predicted molar refractivity (Wildman–Crippen MR) is 104 cm³/mol. The van der Waals surface area contributed by atoms with E-state index in [0.717, 1.165) is 5.56 Å². The molecule has 0 fully saturated rings. The number of nitrogens with one attached hydrogen (secondary N) is 2. The first-order chi connectivity index (χ1) is 12.9. The number of carboxylic acids is 1. The zero-order valence-electron chi connectivity index (χ0n) is 14.5. The van der Waals surface area contributed by atoms with E-state index >= 15 is 0 Å². The topological polar surface area (TPSA) is 87.7 Å². The number of amides is 1. The second-order valence-electron chi connectivity index (χ2n) is 6.26. The number of anilines is 1. The number of aliphatic carboxylic acids is 1. The summed E-state index contributed by atoms with van der Waals surface area (Å²) >= 11 is 12.3. The average molecular weight is 409 g/mol. The fraction of sp³-hybridized carbons (Fsp3) is 0.263. The fourth-order valence-corrected chi connectivity index (χ4v) is 3.75. The molecule has 0 saturated heterocycles. The molecule has 1 aliphatic heterocycles. The highest BCUT2D eigenvalue weighted by Crippen LogP contribution is 2.39. The summed E-state index contributed by atoms with van der Waals surface area (Å²) in [6.45, 7) is 0. The van der Waals surface area contributed by atoms with Crippen molar-refractivity contribution in [2.24, 2.45) is 0 Å². The SMILES string of the molecule is COc1ccc(CC(=O)NC2CC(C(=O)O)Nc3cc(Cl)cc(Cl)c32)cc1. The predicted octanol–water partition coefficient (Wildman–Crippen LogP) is 3.67. The maximum atomic E-state index is 12.5. The van der Waals surface area contributed by atoms with Crippen LogP contribution in [0, 0.1) is 0 Å². The van der Waals surface area contributed by atoms with Gasteiger partial charge >= 0.3 is 5.97 Å². The van der Waals surface area contributed by atoms with Gasteiger partial charge in [-0.05, 0) is 29.8 Å². The minimum Gasteiger partial charge on any atom is -0.497 e. The van der Waals surface area contributed by atoms with E-state index in [-0.39, 0.29) is 18.7 Å². The maximum Gasteiger partial charge on any atom is 0.326 e. The quantitative estimate of drug-likeness (QED) is 0.702. The molecule has 0 saturated carbocycles. The Balaban J connectivity index is 1.80. The van der Waals surface area contributed by atoms with Crippen LogP contribution in [-0.2, 0) is 16.0 Å².